The average Bonchev–Trinajstić information content (AvgIpc) is 2.75. The molecule has 1 aromatic carbocycles. The van der Waals surface area contributed by atoms with Gasteiger partial charge in [0.05, 0.1) is 16.9 Å². The van der Waals surface area contributed by atoms with Crippen LogP contribution in [0.4, 0.5) is 13.2 Å². The van der Waals surface area contributed by atoms with Gasteiger partial charge in [0, 0.05) is 11.3 Å². The van der Waals surface area contributed by atoms with E-state index < -0.39 is 17.6 Å². The quantitative estimate of drug-likeness (QED) is 0.387. The Morgan fingerprint density at radius 2 is 1.95 bits per heavy atom. The van der Waals surface area contributed by atoms with Crippen molar-refractivity contribution in [2.24, 2.45) is 10.9 Å². The lowest BCUT2D eigenvalue weighted by molar-refractivity contribution is -0.137. The highest BCUT2D eigenvalue weighted by Crippen LogP contribution is 2.33. The first-order valence-electron chi connectivity index (χ1n) is 5.97. The van der Waals surface area contributed by atoms with Crippen molar-refractivity contribution >= 4 is 5.84 Å². The minimum Gasteiger partial charge on any atom is -0.409 e. The zero-order valence-corrected chi connectivity index (χ0v) is 11.3. The number of alkyl halides is 3. The van der Waals surface area contributed by atoms with E-state index in [1.165, 1.54) is 10.7 Å². The number of hydrogen-bond acceptors (Lipinski definition) is 3. The van der Waals surface area contributed by atoms with Crippen LogP contribution in [0.5, 0.6) is 0 Å². The minimum absolute atomic E-state index is 0.252. The van der Waals surface area contributed by atoms with Gasteiger partial charge in [0.15, 0.2) is 5.84 Å². The first kappa shape index (κ1) is 14.9. The van der Waals surface area contributed by atoms with Gasteiger partial charge in [-0.15, -0.1) is 0 Å². The predicted octanol–water partition coefficient (Wildman–Crippen LogP) is 2.60. The summed E-state index contributed by atoms with van der Waals surface area (Å²) in [6.45, 7) is 3.49. The van der Waals surface area contributed by atoms with E-state index in [4.69, 9.17) is 10.9 Å². The van der Waals surface area contributed by atoms with Gasteiger partial charge in [0.1, 0.15) is 0 Å². The van der Waals surface area contributed by atoms with Crippen LogP contribution in [0, 0.1) is 13.8 Å². The molecule has 0 fully saturated rings. The van der Waals surface area contributed by atoms with Gasteiger partial charge in [0.25, 0.3) is 0 Å². The molecule has 0 unspecified atom stereocenters. The number of amidine groups is 1. The van der Waals surface area contributed by atoms with Crippen LogP contribution in [0.1, 0.15) is 22.5 Å². The largest absolute Gasteiger partial charge is 0.417 e. The Balaban J connectivity index is 2.65. The third kappa shape index (κ3) is 2.83. The summed E-state index contributed by atoms with van der Waals surface area (Å²) in [7, 11) is 0. The molecule has 0 atom stereocenters. The number of aromatic nitrogens is 2. The second-order valence-electron chi connectivity index (χ2n) is 4.55. The summed E-state index contributed by atoms with van der Waals surface area (Å²) < 4.78 is 40.8. The average molecular weight is 298 g/mol. The molecule has 8 heteroatoms. The zero-order chi connectivity index (χ0) is 15.8. The van der Waals surface area contributed by atoms with Gasteiger partial charge in [-0.2, -0.15) is 18.3 Å². The standard InChI is InChI=1S/C13H13F3N4O/c1-7-5-8(2)20(18-7)9-3-4-10(12(17)19-21)11(6-9)13(14,15)16/h3-6,21H,1-2H3,(H2,17,19). The SMILES string of the molecule is Cc1cc(C)n(-c2ccc(/C(N)=N/O)c(C(F)(F)F)c2)n1. The zero-order valence-electron chi connectivity index (χ0n) is 11.3. The lowest BCUT2D eigenvalue weighted by Gasteiger charge is -2.14. The highest BCUT2D eigenvalue weighted by atomic mass is 19.4. The molecule has 0 radical (unpaired) electrons. The second kappa shape index (κ2) is 5.12. The molecule has 3 N–H and O–H groups in total. The number of nitrogens with two attached hydrogens (primary N) is 1. The van der Waals surface area contributed by atoms with Gasteiger partial charge < -0.3 is 10.9 Å². The molecular formula is C13H13F3N4O. The second-order valence-corrected chi connectivity index (χ2v) is 4.55. The normalized spacial score (nSPS) is 12.7. The van der Waals surface area contributed by atoms with Gasteiger partial charge in [-0.05, 0) is 38.1 Å². The Morgan fingerprint density at radius 1 is 1.29 bits per heavy atom. The smallest absolute Gasteiger partial charge is 0.409 e. The van der Waals surface area contributed by atoms with Crippen LogP contribution in [-0.2, 0) is 6.18 Å². The molecule has 2 aromatic rings. The van der Waals surface area contributed by atoms with Crippen molar-refractivity contribution in [3.8, 4) is 5.69 Å². The molecule has 0 aliphatic rings. The predicted molar refractivity (Wildman–Crippen MR) is 70.6 cm³/mol. The number of halogens is 3. The van der Waals surface area contributed by atoms with Gasteiger partial charge >= 0.3 is 6.18 Å². The van der Waals surface area contributed by atoms with Crippen molar-refractivity contribution in [1.82, 2.24) is 9.78 Å². The van der Waals surface area contributed by atoms with Crippen LogP contribution < -0.4 is 5.73 Å². The summed E-state index contributed by atoms with van der Waals surface area (Å²) >= 11 is 0. The molecule has 0 aliphatic heterocycles. The molecule has 1 heterocycles. The molecule has 0 saturated heterocycles. The van der Waals surface area contributed by atoms with Crippen molar-refractivity contribution in [3.63, 3.8) is 0 Å². The van der Waals surface area contributed by atoms with E-state index in [0.29, 0.717) is 11.4 Å². The number of nitrogens with zero attached hydrogens (tertiary/aromatic N) is 3. The number of hydrogen-bond donors (Lipinski definition) is 2. The lowest BCUT2D eigenvalue weighted by atomic mass is 10.1. The van der Waals surface area contributed by atoms with Gasteiger partial charge in [0.2, 0.25) is 0 Å². The molecule has 0 spiro atoms. The fourth-order valence-electron chi connectivity index (χ4n) is 2.07. The Hall–Kier alpha value is -2.51. The summed E-state index contributed by atoms with van der Waals surface area (Å²) in [6.07, 6.45) is -4.63. The summed E-state index contributed by atoms with van der Waals surface area (Å²) in [4.78, 5) is 0. The van der Waals surface area contributed by atoms with Crippen molar-refractivity contribution in [3.05, 3.63) is 46.8 Å². The van der Waals surface area contributed by atoms with Crippen LogP contribution >= 0.6 is 0 Å². The molecule has 1 aromatic heterocycles. The van der Waals surface area contributed by atoms with Crippen LogP contribution in [0.2, 0.25) is 0 Å². The van der Waals surface area contributed by atoms with E-state index >= 15 is 0 Å². The van der Waals surface area contributed by atoms with Gasteiger partial charge in [-0.3, -0.25) is 0 Å². The van der Waals surface area contributed by atoms with Gasteiger partial charge in [-0.25, -0.2) is 4.68 Å². The van der Waals surface area contributed by atoms with E-state index in [2.05, 4.69) is 10.3 Å². The topological polar surface area (TPSA) is 76.4 Å². The van der Waals surface area contributed by atoms with Gasteiger partial charge in [-0.1, -0.05) is 5.16 Å². The number of oxime groups is 1. The minimum atomic E-state index is -4.63. The molecule has 0 aliphatic carbocycles. The highest BCUT2D eigenvalue weighted by molar-refractivity contribution is 5.98. The fraction of sp³-hybridized carbons (Fsp3) is 0.231. The summed E-state index contributed by atoms with van der Waals surface area (Å²) in [5.74, 6) is -0.595. The third-order valence-corrected chi connectivity index (χ3v) is 2.95. The van der Waals surface area contributed by atoms with Crippen molar-refractivity contribution in [2.45, 2.75) is 20.0 Å². The Labute approximate surface area is 118 Å². The van der Waals surface area contributed by atoms with E-state index in [0.717, 1.165) is 12.1 Å². The van der Waals surface area contributed by atoms with Crippen molar-refractivity contribution in [1.29, 1.82) is 0 Å². The molecular weight excluding hydrogens is 285 g/mol. The third-order valence-electron chi connectivity index (χ3n) is 2.95. The molecule has 2 rings (SSSR count). The maximum absolute atomic E-state index is 13.1. The molecule has 0 bridgehead atoms. The molecule has 21 heavy (non-hydrogen) atoms. The Morgan fingerprint density at radius 3 is 2.43 bits per heavy atom. The van der Waals surface area contributed by atoms with Crippen LogP contribution in [0.25, 0.3) is 5.69 Å². The van der Waals surface area contributed by atoms with Crippen molar-refractivity contribution < 1.29 is 18.4 Å². The molecule has 112 valence electrons. The first-order valence-corrected chi connectivity index (χ1v) is 5.97. The van der Waals surface area contributed by atoms with Crippen LogP contribution in [0.15, 0.2) is 29.4 Å². The monoisotopic (exact) mass is 298 g/mol. The molecule has 5 nitrogen and oxygen atoms in total. The Bertz CT molecular complexity index is 704. The summed E-state index contributed by atoms with van der Waals surface area (Å²) in [5.41, 5.74) is 5.58. The van der Waals surface area contributed by atoms with E-state index in [1.54, 1.807) is 19.9 Å². The highest BCUT2D eigenvalue weighted by Gasteiger charge is 2.35. The number of rotatable bonds is 2. The van der Waals surface area contributed by atoms with Crippen LogP contribution in [-0.4, -0.2) is 20.8 Å². The van der Waals surface area contributed by atoms with E-state index in [1.807, 2.05) is 0 Å². The fourth-order valence-corrected chi connectivity index (χ4v) is 2.07. The Kier molecular flexibility index (Phi) is 3.63. The maximum atomic E-state index is 13.1. The van der Waals surface area contributed by atoms with E-state index in [-0.39, 0.29) is 11.3 Å². The summed E-state index contributed by atoms with van der Waals surface area (Å²) in [6, 6.07) is 5.27. The molecule has 0 saturated carbocycles. The maximum Gasteiger partial charge on any atom is 0.417 e. The number of benzene rings is 1. The van der Waals surface area contributed by atoms with E-state index in [9.17, 15) is 13.2 Å². The number of aryl methyl sites for hydroxylation is 2. The van der Waals surface area contributed by atoms with Crippen molar-refractivity contribution in [2.75, 3.05) is 0 Å². The first-order chi connectivity index (χ1) is 9.74. The lowest BCUT2D eigenvalue weighted by Crippen LogP contribution is -2.20. The summed E-state index contributed by atoms with van der Waals surface area (Å²) in [5, 5.41) is 15.4. The molecule has 0 amide bonds. The van der Waals surface area contributed by atoms with Crippen LogP contribution in [0.3, 0.4) is 0 Å².